The maximum atomic E-state index is 12.3. The van der Waals surface area contributed by atoms with Crippen LogP contribution in [0.4, 0.5) is 0 Å². The molecule has 0 aromatic carbocycles. The van der Waals surface area contributed by atoms with Gasteiger partial charge in [0.2, 0.25) is 0 Å². The van der Waals surface area contributed by atoms with Crippen LogP contribution in [0.15, 0.2) is 23.8 Å². The van der Waals surface area contributed by atoms with Gasteiger partial charge in [-0.05, 0) is 62.2 Å². The first kappa shape index (κ1) is 21.2. The maximum absolute atomic E-state index is 12.3. The van der Waals surface area contributed by atoms with Crippen molar-refractivity contribution in [3.05, 3.63) is 23.8 Å². The molecule has 31 heavy (non-hydrogen) atoms. The van der Waals surface area contributed by atoms with Gasteiger partial charge < -0.3 is 14.6 Å². The van der Waals surface area contributed by atoms with Crippen LogP contribution in [-0.4, -0.2) is 35.4 Å². The van der Waals surface area contributed by atoms with Crippen LogP contribution in [0.3, 0.4) is 0 Å². The van der Waals surface area contributed by atoms with E-state index in [9.17, 15) is 14.7 Å². The summed E-state index contributed by atoms with van der Waals surface area (Å²) in [7, 11) is 0. The molecule has 0 spiro atoms. The van der Waals surface area contributed by atoms with Gasteiger partial charge in [0, 0.05) is 23.3 Å². The van der Waals surface area contributed by atoms with E-state index in [1.807, 2.05) is 13.8 Å². The van der Waals surface area contributed by atoms with Crippen molar-refractivity contribution < 1.29 is 24.2 Å². The van der Waals surface area contributed by atoms with E-state index in [0.717, 1.165) is 19.3 Å². The van der Waals surface area contributed by atoms with E-state index >= 15 is 0 Å². The topological polar surface area (TPSA) is 72.8 Å². The number of carbonyl (C=O) groups is 2. The molecule has 2 heterocycles. The third-order valence-corrected chi connectivity index (χ3v) is 10.2. The van der Waals surface area contributed by atoms with Gasteiger partial charge in [-0.15, -0.1) is 0 Å². The Kier molecular flexibility index (Phi) is 4.43. The third kappa shape index (κ3) is 2.71. The van der Waals surface area contributed by atoms with Crippen LogP contribution in [0, 0.1) is 39.9 Å². The predicted molar refractivity (Wildman–Crippen MR) is 116 cm³/mol. The molecule has 3 aliphatic carbocycles. The molecule has 1 N–H and O–H groups in total. The highest BCUT2D eigenvalue weighted by Gasteiger charge is 2.67. The van der Waals surface area contributed by atoms with Gasteiger partial charge in [-0.2, -0.15) is 0 Å². The molecular formula is C26H36O5. The lowest BCUT2D eigenvalue weighted by Crippen LogP contribution is -2.63. The van der Waals surface area contributed by atoms with E-state index in [4.69, 9.17) is 9.47 Å². The molecule has 0 unspecified atom stereocenters. The van der Waals surface area contributed by atoms with E-state index in [0.29, 0.717) is 25.4 Å². The van der Waals surface area contributed by atoms with Gasteiger partial charge in [-0.25, -0.2) is 4.79 Å². The Morgan fingerprint density at radius 2 is 1.84 bits per heavy atom. The van der Waals surface area contributed by atoms with Crippen LogP contribution in [0.5, 0.6) is 0 Å². The first-order valence-electron chi connectivity index (χ1n) is 11.9. The number of ether oxygens (including phenoxy) is 2. The number of aliphatic hydroxyl groups excluding tert-OH is 1. The lowest BCUT2D eigenvalue weighted by molar-refractivity contribution is -0.187. The number of carbonyl (C=O) groups excluding carboxylic acids is 2. The van der Waals surface area contributed by atoms with Crippen molar-refractivity contribution >= 4 is 11.9 Å². The van der Waals surface area contributed by atoms with Crippen LogP contribution >= 0.6 is 0 Å². The summed E-state index contributed by atoms with van der Waals surface area (Å²) in [4.78, 5) is 24.1. The lowest BCUT2D eigenvalue weighted by Gasteiger charge is -2.65. The predicted octanol–water partition coefficient (Wildman–Crippen LogP) is 4.20. The summed E-state index contributed by atoms with van der Waals surface area (Å²) in [5, 5.41) is 11.7. The monoisotopic (exact) mass is 428 g/mol. The van der Waals surface area contributed by atoms with Gasteiger partial charge >= 0.3 is 11.9 Å². The van der Waals surface area contributed by atoms with E-state index < -0.39 is 11.7 Å². The summed E-state index contributed by atoms with van der Waals surface area (Å²) in [5.74, 6) is 0.555. The molecule has 0 amide bonds. The normalized spacial score (nSPS) is 50.5. The van der Waals surface area contributed by atoms with E-state index in [2.05, 4.69) is 32.9 Å². The Morgan fingerprint density at radius 3 is 2.52 bits per heavy atom. The Labute approximate surface area is 185 Å². The highest BCUT2D eigenvalue weighted by atomic mass is 16.6. The Hall–Kier alpha value is -1.62. The van der Waals surface area contributed by atoms with Gasteiger partial charge in [0.15, 0.2) is 0 Å². The number of rotatable bonds is 1. The number of fused-ring (bicyclic) bond motifs is 5. The zero-order valence-corrected chi connectivity index (χ0v) is 19.4. The molecule has 8 atom stereocenters. The lowest BCUT2D eigenvalue weighted by atomic mass is 9.40. The largest absolute Gasteiger partial charge is 0.465 e. The molecule has 5 aliphatic rings. The summed E-state index contributed by atoms with van der Waals surface area (Å²) in [6.07, 6.45) is 9.67. The van der Waals surface area contributed by atoms with Crippen molar-refractivity contribution in [2.75, 3.05) is 6.61 Å². The Morgan fingerprint density at radius 1 is 1.10 bits per heavy atom. The summed E-state index contributed by atoms with van der Waals surface area (Å²) in [6.45, 7) is 11.4. The molecule has 170 valence electrons. The number of esters is 2. The molecule has 5 heteroatoms. The third-order valence-electron chi connectivity index (χ3n) is 10.2. The smallest absolute Gasteiger partial charge is 0.330 e. The summed E-state index contributed by atoms with van der Waals surface area (Å²) < 4.78 is 11.1. The minimum atomic E-state index is -0.632. The van der Waals surface area contributed by atoms with Crippen molar-refractivity contribution in [1.29, 1.82) is 0 Å². The fourth-order valence-corrected chi connectivity index (χ4v) is 8.74. The number of hydrogen-bond acceptors (Lipinski definition) is 5. The maximum Gasteiger partial charge on any atom is 0.330 e. The van der Waals surface area contributed by atoms with Gasteiger partial charge in [-0.1, -0.05) is 38.5 Å². The minimum Gasteiger partial charge on any atom is -0.465 e. The van der Waals surface area contributed by atoms with Gasteiger partial charge in [0.1, 0.15) is 5.60 Å². The first-order chi connectivity index (χ1) is 14.4. The fourth-order valence-electron chi connectivity index (χ4n) is 8.74. The second-order valence-corrected chi connectivity index (χ2v) is 11.9. The summed E-state index contributed by atoms with van der Waals surface area (Å²) in [5.41, 5.74) is 0.118. The van der Waals surface area contributed by atoms with E-state index in [1.54, 1.807) is 6.08 Å². The zero-order chi connectivity index (χ0) is 22.4. The number of hydrogen-bond donors (Lipinski definition) is 1. The zero-order valence-electron chi connectivity index (χ0n) is 19.4. The quantitative estimate of drug-likeness (QED) is 0.501. The highest BCUT2D eigenvalue weighted by molar-refractivity contribution is 5.83. The summed E-state index contributed by atoms with van der Waals surface area (Å²) in [6, 6.07) is 0. The second-order valence-electron chi connectivity index (χ2n) is 11.9. The Balaban J connectivity index is 1.56. The van der Waals surface area contributed by atoms with Crippen LogP contribution in [0.1, 0.15) is 66.7 Å². The molecule has 0 aromatic rings. The number of aliphatic hydroxyl groups is 1. The summed E-state index contributed by atoms with van der Waals surface area (Å²) >= 11 is 0. The van der Waals surface area contributed by atoms with Gasteiger partial charge in [0.25, 0.3) is 0 Å². The standard InChI is InChI=1S/C26H36O5/c1-23(2)19-13-20(27)26(5)17-7-6-16(15-12-22(29)30-14-15)24(17,3)10-8-18(26)25(19,4)11-9-21(28)31-23/h7,9,11,15-16,18-20,27H,6,8,10,12-14H2,1-5H3/t15-,16+,18-,19+,20-,24+,25-,26+/m1/s1. The van der Waals surface area contributed by atoms with Crippen molar-refractivity contribution in [2.45, 2.75) is 78.4 Å². The Bertz CT molecular complexity index is 886. The highest BCUT2D eigenvalue weighted by Crippen LogP contribution is 2.71. The molecule has 0 radical (unpaired) electrons. The van der Waals surface area contributed by atoms with Crippen LogP contribution in [0.2, 0.25) is 0 Å². The van der Waals surface area contributed by atoms with Crippen LogP contribution in [0.25, 0.3) is 0 Å². The molecule has 5 nitrogen and oxygen atoms in total. The van der Waals surface area contributed by atoms with E-state index in [-0.39, 0.29) is 45.9 Å². The molecule has 1 saturated heterocycles. The molecule has 0 bridgehead atoms. The van der Waals surface area contributed by atoms with Crippen molar-refractivity contribution in [2.24, 2.45) is 39.9 Å². The number of allylic oxidation sites excluding steroid dienone is 2. The van der Waals surface area contributed by atoms with Crippen LogP contribution in [-0.2, 0) is 19.1 Å². The van der Waals surface area contributed by atoms with Crippen molar-refractivity contribution in [3.8, 4) is 0 Å². The average molecular weight is 429 g/mol. The van der Waals surface area contributed by atoms with Crippen molar-refractivity contribution in [3.63, 3.8) is 0 Å². The second kappa shape index (κ2) is 6.46. The van der Waals surface area contributed by atoms with Gasteiger partial charge in [0.05, 0.1) is 19.1 Å². The molecule has 3 fully saturated rings. The fraction of sp³-hybridized carbons (Fsp3) is 0.769. The first-order valence-corrected chi connectivity index (χ1v) is 11.9. The average Bonchev–Trinajstić information content (AvgIpc) is 3.23. The molecule has 0 aromatic heterocycles. The van der Waals surface area contributed by atoms with Gasteiger partial charge in [-0.3, -0.25) is 4.79 Å². The molecule has 2 aliphatic heterocycles. The van der Waals surface area contributed by atoms with Crippen LogP contribution < -0.4 is 0 Å². The van der Waals surface area contributed by atoms with E-state index in [1.165, 1.54) is 5.57 Å². The number of cyclic esters (lactones) is 2. The van der Waals surface area contributed by atoms with Crippen molar-refractivity contribution in [1.82, 2.24) is 0 Å². The SMILES string of the molecule is CC1(C)OC(=O)C=C[C@]2(C)[C@H]3CC[C@]4(C)C(=CC[C@H]4[C@H]4COC(=O)C4)[C@]3(C)[C@H](O)C[C@@H]12. The molecule has 2 saturated carbocycles. The molecule has 5 rings (SSSR count). The molecular weight excluding hydrogens is 392 g/mol. The minimum absolute atomic E-state index is 0.0235.